The Morgan fingerprint density at radius 1 is 1.35 bits per heavy atom. The van der Waals surface area contributed by atoms with Crippen molar-refractivity contribution < 1.29 is 9.53 Å². The Kier molecular flexibility index (Phi) is 3.48. The van der Waals surface area contributed by atoms with Crippen molar-refractivity contribution in [3.63, 3.8) is 0 Å². The lowest BCUT2D eigenvalue weighted by Crippen LogP contribution is -2.33. The topological polar surface area (TPSA) is 72.6 Å². The van der Waals surface area contributed by atoms with Crippen molar-refractivity contribution in [2.75, 3.05) is 19.7 Å². The number of amides is 1. The Bertz CT molecular complexity index is 769. The van der Waals surface area contributed by atoms with Gasteiger partial charge in [0.1, 0.15) is 6.33 Å². The summed E-state index contributed by atoms with van der Waals surface area (Å²) in [6.07, 6.45) is 6.02. The minimum atomic E-state index is 0.0203. The molecular weight excluding hydrogens is 294 g/mol. The first-order chi connectivity index (χ1) is 11.2. The number of likely N-dealkylation sites (tertiary alicyclic amines) is 1. The molecule has 7 heteroatoms. The second-order valence-corrected chi connectivity index (χ2v) is 6.40. The van der Waals surface area contributed by atoms with Crippen molar-refractivity contribution in [3.8, 4) is 5.88 Å². The predicted octanol–water partition coefficient (Wildman–Crippen LogP) is 1.32. The molecule has 0 radical (unpaired) electrons. The highest BCUT2D eigenvalue weighted by Crippen LogP contribution is 2.35. The highest BCUT2D eigenvalue weighted by Gasteiger charge is 2.36. The van der Waals surface area contributed by atoms with Crippen LogP contribution < -0.4 is 4.74 Å². The second-order valence-electron chi connectivity index (χ2n) is 6.40. The Balaban J connectivity index is 1.35. The number of allylic oxidation sites excluding steroid dienone is 2. The summed E-state index contributed by atoms with van der Waals surface area (Å²) >= 11 is 0. The van der Waals surface area contributed by atoms with E-state index in [0.717, 1.165) is 25.9 Å². The average Bonchev–Trinajstić information content (AvgIpc) is 3.17. The Labute approximate surface area is 133 Å². The zero-order valence-corrected chi connectivity index (χ0v) is 13.1. The molecule has 120 valence electrons. The number of hydrogen-bond acceptors (Lipinski definition) is 5. The summed E-state index contributed by atoms with van der Waals surface area (Å²) < 4.78 is 7.07. The van der Waals surface area contributed by atoms with E-state index in [-0.39, 0.29) is 12.5 Å². The predicted molar refractivity (Wildman–Crippen MR) is 82.8 cm³/mol. The third-order valence-electron chi connectivity index (χ3n) is 4.76. The van der Waals surface area contributed by atoms with Crippen molar-refractivity contribution in [2.45, 2.75) is 19.8 Å². The number of carbonyl (C=O) groups is 1. The second kappa shape index (κ2) is 5.64. The zero-order chi connectivity index (χ0) is 15.8. The van der Waals surface area contributed by atoms with E-state index in [9.17, 15) is 4.79 Å². The van der Waals surface area contributed by atoms with Crippen LogP contribution in [0.25, 0.3) is 5.65 Å². The maximum atomic E-state index is 12.4. The van der Waals surface area contributed by atoms with Crippen LogP contribution >= 0.6 is 0 Å². The van der Waals surface area contributed by atoms with Gasteiger partial charge in [0, 0.05) is 19.2 Å². The van der Waals surface area contributed by atoms with E-state index in [2.05, 4.69) is 28.3 Å². The van der Waals surface area contributed by atoms with Crippen LogP contribution in [-0.4, -0.2) is 50.3 Å². The van der Waals surface area contributed by atoms with Gasteiger partial charge in [-0.2, -0.15) is 4.52 Å². The maximum absolute atomic E-state index is 12.4. The van der Waals surface area contributed by atoms with Crippen LogP contribution in [0.1, 0.15) is 19.8 Å². The number of aromatic nitrogens is 4. The summed E-state index contributed by atoms with van der Waals surface area (Å²) in [5.74, 6) is 1.65. The van der Waals surface area contributed by atoms with Crippen LogP contribution in [0.3, 0.4) is 0 Å². The molecule has 0 N–H and O–H groups in total. The van der Waals surface area contributed by atoms with Gasteiger partial charge in [-0.25, -0.2) is 0 Å². The number of fused-ring (bicyclic) bond motifs is 2. The minimum absolute atomic E-state index is 0.0203. The molecule has 0 spiro atoms. The van der Waals surface area contributed by atoms with Crippen LogP contribution in [-0.2, 0) is 4.79 Å². The van der Waals surface area contributed by atoms with E-state index in [1.54, 1.807) is 12.1 Å². The Morgan fingerprint density at radius 2 is 2.22 bits per heavy atom. The lowest BCUT2D eigenvalue weighted by atomic mass is 9.83. The van der Waals surface area contributed by atoms with Gasteiger partial charge in [-0.15, -0.1) is 15.3 Å². The largest absolute Gasteiger partial charge is 0.467 e. The summed E-state index contributed by atoms with van der Waals surface area (Å²) in [5, 5.41) is 11.8. The molecule has 23 heavy (non-hydrogen) atoms. The average molecular weight is 313 g/mol. The molecule has 0 unspecified atom stereocenters. The SMILES string of the molecule is CC1=CC[C@@H]2CN(C(=O)COc3ccc4nncn4n3)C[C@@H]2C1. The third-order valence-corrected chi connectivity index (χ3v) is 4.76. The quantitative estimate of drug-likeness (QED) is 0.799. The first-order valence-electron chi connectivity index (χ1n) is 7.92. The van der Waals surface area contributed by atoms with Crippen LogP contribution in [0, 0.1) is 11.8 Å². The Hall–Kier alpha value is -2.44. The summed E-state index contributed by atoms with van der Waals surface area (Å²) in [4.78, 5) is 14.3. The molecule has 0 aromatic carbocycles. The molecule has 2 atom stereocenters. The van der Waals surface area contributed by atoms with Crippen molar-refractivity contribution in [3.05, 3.63) is 30.1 Å². The molecule has 0 bridgehead atoms. The summed E-state index contributed by atoms with van der Waals surface area (Å²) in [6, 6.07) is 3.47. The van der Waals surface area contributed by atoms with Gasteiger partial charge in [0.2, 0.25) is 5.88 Å². The monoisotopic (exact) mass is 313 g/mol. The maximum Gasteiger partial charge on any atom is 0.260 e. The van der Waals surface area contributed by atoms with Gasteiger partial charge in [-0.3, -0.25) is 4.79 Å². The van der Waals surface area contributed by atoms with E-state index in [0.29, 0.717) is 23.4 Å². The van der Waals surface area contributed by atoms with Gasteiger partial charge in [0.25, 0.3) is 5.91 Å². The lowest BCUT2D eigenvalue weighted by Gasteiger charge is -2.21. The molecule has 1 fully saturated rings. The highest BCUT2D eigenvalue weighted by molar-refractivity contribution is 5.78. The van der Waals surface area contributed by atoms with E-state index in [4.69, 9.17) is 4.74 Å². The molecule has 7 nitrogen and oxygen atoms in total. The molecule has 3 heterocycles. The first-order valence-corrected chi connectivity index (χ1v) is 7.92. The molecule has 1 aliphatic heterocycles. The molecule has 0 saturated carbocycles. The van der Waals surface area contributed by atoms with Crippen LogP contribution in [0.15, 0.2) is 30.1 Å². The van der Waals surface area contributed by atoms with Gasteiger partial charge in [-0.05, 0) is 37.7 Å². The number of carbonyl (C=O) groups excluding carboxylic acids is 1. The molecule has 2 aliphatic rings. The van der Waals surface area contributed by atoms with Crippen LogP contribution in [0.2, 0.25) is 0 Å². The molecule has 1 amide bonds. The van der Waals surface area contributed by atoms with Gasteiger partial charge in [-0.1, -0.05) is 11.6 Å². The van der Waals surface area contributed by atoms with E-state index in [1.807, 2.05) is 4.90 Å². The van der Waals surface area contributed by atoms with Gasteiger partial charge >= 0.3 is 0 Å². The normalized spacial score (nSPS) is 23.7. The molecular formula is C16H19N5O2. The van der Waals surface area contributed by atoms with Crippen molar-refractivity contribution >= 4 is 11.6 Å². The third kappa shape index (κ3) is 2.78. The minimum Gasteiger partial charge on any atom is -0.467 e. The Morgan fingerprint density at radius 3 is 3.13 bits per heavy atom. The van der Waals surface area contributed by atoms with E-state index >= 15 is 0 Å². The number of nitrogens with zero attached hydrogens (tertiary/aromatic N) is 5. The summed E-state index contributed by atoms with van der Waals surface area (Å²) in [5.41, 5.74) is 2.10. The summed E-state index contributed by atoms with van der Waals surface area (Å²) in [7, 11) is 0. The van der Waals surface area contributed by atoms with Gasteiger partial charge in [0.05, 0.1) is 0 Å². The fourth-order valence-electron chi connectivity index (χ4n) is 3.51. The molecule has 1 saturated heterocycles. The molecule has 2 aromatic heterocycles. The molecule has 2 aromatic rings. The van der Waals surface area contributed by atoms with Crippen molar-refractivity contribution in [2.24, 2.45) is 11.8 Å². The standard InChI is InChI=1S/C16H19N5O2/c1-11-2-3-12-7-20(8-13(12)6-11)16(22)9-23-15-5-4-14-18-17-10-21(14)19-15/h2,4-5,10,12-13H,3,6-9H2,1H3/t12-,13+/m1/s1. The van der Waals surface area contributed by atoms with Crippen LogP contribution in [0.4, 0.5) is 0 Å². The fraction of sp³-hybridized carbons (Fsp3) is 0.500. The van der Waals surface area contributed by atoms with E-state index in [1.165, 1.54) is 16.4 Å². The molecule has 1 aliphatic carbocycles. The summed E-state index contributed by atoms with van der Waals surface area (Å²) in [6.45, 7) is 3.88. The van der Waals surface area contributed by atoms with Gasteiger partial charge < -0.3 is 9.64 Å². The fourth-order valence-corrected chi connectivity index (χ4v) is 3.51. The van der Waals surface area contributed by atoms with Crippen molar-refractivity contribution in [1.29, 1.82) is 0 Å². The molecule has 4 rings (SSSR count). The van der Waals surface area contributed by atoms with Crippen molar-refractivity contribution in [1.82, 2.24) is 24.7 Å². The number of ether oxygens (including phenoxy) is 1. The van der Waals surface area contributed by atoms with E-state index < -0.39 is 0 Å². The number of hydrogen-bond donors (Lipinski definition) is 0. The zero-order valence-electron chi connectivity index (χ0n) is 13.1. The first kappa shape index (κ1) is 14.2. The smallest absolute Gasteiger partial charge is 0.260 e. The highest BCUT2D eigenvalue weighted by atomic mass is 16.5. The van der Waals surface area contributed by atoms with Crippen LogP contribution in [0.5, 0.6) is 5.88 Å². The number of rotatable bonds is 3. The van der Waals surface area contributed by atoms with Gasteiger partial charge in [0.15, 0.2) is 12.3 Å². The lowest BCUT2D eigenvalue weighted by molar-refractivity contribution is -0.132.